The van der Waals surface area contributed by atoms with Crippen LogP contribution in [0.4, 0.5) is 5.82 Å². The summed E-state index contributed by atoms with van der Waals surface area (Å²) in [5, 5.41) is 0. The lowest BCUT2D eigenvalue weighted by Gasteiger charge is -2.23. The van der Waals surface area contributed by atoms with Crippen molar-refractivity contribution in [1.29, 1.82) is 0 Å². The van der Waals surface area contributed by atoms with E-state index in [4.69, 9.17) is 11.6 Å². The summed E-state index contributed by atoms with van der Waals surface area (Å²) >= 11 is 7.83. The van der Waals surface area contributed by atoms with Crippen LogP contribution in [0.1, 0.15) is 25.8 Å². The number of halogens is 1. The smallest absolute Gasteiger partial charge is 0.128 e. The summed E-state index contributed by atoms with van der Waals surface area (Å²) in [6.45, 7) is 6.82. The molecule has 0 bridgehead atoms. The number of alkyl halides is 1. The Morgan fingerprint density at radius 1 is 1.41 bits per heavy atom. The topological polar surface area (TPSA) is 16.1 Å². The van der Waals surface area contributed by atoms with Gasteiger partial charge in [-0.2, -0.15) is 11.8 Å². The third kappa shape index (κ3) is 3.52. The van der Waals surface area contributed by atoms with Crippen molar-refractivity contribution in [2.75, 3.05) is 23.7 Å². The van der Waals surface area contributed by atoms with E-state index in [1.165, 1.54) is 12.2 Å². The van der Waals surface area contributed by atoms with E-state index in [1.54, 1.807) is 0 Å². The van der Waals surface area contributed by atoms with Gasteiger partial charge in [-0.1, -0.05) is 19.9 Å². The van der Waals surface area contributed by atoms with Gasteiger partial charge >= 0.3 is 0 Å². The Morgan fingerprint density at radius 3 is 2.88 bits per heavy atom. The van der Waals surface area contributed by atoms with Crippen LogP contribution in [0.5, 0.6) is 0 Å². The van der Waals surface area contributed by atoms with Crippen molar-refractivity contribution in [2.24, 2.45) is 0 Å². The minimum absolute atomic E-state index is 0.394. The van der Waals surface area contributed by atoms with Crippen LogP contribution in [-0.4, -0.2) is 28.6 Å². The highest BCUT2D eigenvalue weighted by Crippen LogP contribution is 2.31. The van der Waals surface area contributed by atoms with Crippen molar-refractivity contribution in [3.05, 3.63) is 23.9 Å². The normalized spacial score (nSPS) is 20.1. The first-order valence-corrected chi connectivity index (χ1v) is 7.52. The van der Waals surface area contributed by atoms with Crippen LogP contribution in [0.3, 0.4) is 0 Å². The third-order valence-corrected chi connectivity index (χ3v) is 4.81. The fourth-order valence-electron chi connectivity index (χ4n) is 1.93. The molecule has 0 N–H and O–H groups in total. The molecule has 94 valence electrons. The maximum absolute atomic E-state index is 5.77. The van der Waals surface area contributed by atoms with Gasteiger partial charge < -0.3 is 4.90 Å². The molecule has 0 aliphatic carbocycles. The van der Waals surface area contributed by atoms with Gasteiger partial charge in [-0.05, 0) is 18.1 Å². The molecule has 2 rings (SSSR count). The van der Waals surface area contributed by atoms with E-state index >= 15 is 0 Å². The standard InChI is InChI=1S/C13H19ClN2S/c1-13(2)5-6-16(7-8-17-13)12-4-3-11(9-14)10-15-12/h3-4,10H,5-9H2,1-2H3. The molecule has 2 heterocycles. The van der Waals surface area contributed by atoms with Crippen molar-refractivity contribution < 1.29 is 0 Å². The first-order valence-electron chi connectivity index (χ1n) is 6.00. The predicted octanol–water partition coefficient (Wildman–Crippen LogP) is 3.54. The maximum atomic E-state index is 5.77. The molecule has 1 saturated heterocycles. The lowest BCUT2D eigenvalue weighted by Crippen LogP contribution is -2.27. The van der Waals surface area contributed by atoms with Crippen LogP contribution < -0.4 is 4.90 Å². The number of thioether (sulfide) groups is 1. The molecule has 1 aromatic rings. The minimum Gasteiger partial charge on any atom is -0.356 e. The molecule has 0 aromatic carbocycles. The van der Waals surface area contributed by atoms with Gasteiger partial charge in [0, 0.05) is 35.7 Å². The van der Waals surface area contributed by atoms with Crippen LogP contribution in [0.25, 0.3) is 0 Å². The second-order valence-electron chi connectivity index (χ2n) is 5.00. The first-order chi connectivity index (χ1) is 8.11. The van der Waals surface area contributed by atoms with E-state index in [1.807, 2.05) is 6.20 Å². The zero-order valence-electron chi connectivity index (χ0n) is 10.4. The molecule has 1 fully saturated rings. The fraction of sp³-hybridized carbons (Fsp3) is 0.615. The summed E-state index contributed by atoms with van der Waals surface area (Å²) in [7, 11) is 0. The number of aromatic nitrogens is 1. The predicted molar refractivity (Wildman–Crippen MR) is 77.2 cm³/mol. The molecule has 0 amide bonds. The van der Waals surface area contributed by atoms with Gasteiger partial charge in [0.15, 0.2) is 0 Å². The number of nitrogens with zero attached hydrogens (tertiary/aromatic N) is 2. The highest BCUT2D eigenvalue weighted by Gasteiger charge is 2.23. The first kappa shape index (κ1) is 13.0. The zero-order chi connectivity index (χ0) is 12.3. The molecule has 0 saturated carbocycles. The van der Waals surface area contributed by atoms with E-state index in [9.17, 15) is 0 Å². The molecular formula is C13H19ClN2S. The van der Waals surface area contributed by atoms with Crippen LogP contribution in [-0.2, 0) is 5.88 Å². The summed E-state index contributed by atoms with van der Waals surface area (Å²) in [6, 6.07) is 4.15. The van der Waals surface area contributed by atoms with E-state index in [2.05, 4.69) is 47.6 Å². The van der Waals surface area contributed by atoms with E-state index < -0.39 is 0 Å². The van der Waals surface area contributed by atoms with Gasteiger partial charge in [0.1, 0.15) is 5.82 Å². The van der Waals surface area contributed by atoms with Crippen LogP contribution >= 0.6 is 23.4 Å². The highest BCUT2D eigenvalue weighted by molar-refractivity contribution is 8.00. The van der Waals surface area contributed by atoms with E-state index in [-0.39, 0.29) is 0 Å². The molecule has 1 aliphatic rings. The van der Waals surface area contributed by atoms with E-state index in [0.717, 1.165) is 24.5 Å². The average molecular weight is 271 g/mol. The number of hydrogen-bond donors (Lipinski definition) is 0. The largest absolute Gasteiger partial charge is 0.356 e. The molecule has 0 unspecified atom stereocenters. The molecule has 4 heteroatoms. The Balaban J connectivity index is 2.06. The lowest BCUT2D eigenvalue weighted by atomic mass is 10.1. The zero-order valence-corrected chi connectivity index (χ0v) is 12.0. The van der Waals surface area contributed by atoms with Gasteiger partial charge in [0.2, 0.25) is 0 Å². The molecule has 0 radical (unpaired) electrons. The molecule has 1 aromatic heterocycles. The van der Waals surface area contributed by atoms with Gasteiger partial charge in [0.25, 0.3) is 0 Å². The third-order valence-electron chi connectivity index (χ3n) is 3.13. The van der Waals surface area contributed by atoms with Crippen molar-refractivity contribution >= 4 is 29.2 Å². The second-order valence-corrected chi connectivity index (χ2v) is 7.07. The van der Waals surface area contributed by atoms with Crippen LogP contribution in [0, 0.1) is 0 Å². The molecule has 2 nitrogen and oxygen atoms in total. The number of anilines is 1. The Bertz CT molecular complexity index is 364. The van der Waals surface area contributed by atoms with Crippen molar-refractivity contribution in [3.63, 3.8) is 0 Å². The minimum atomic E-state index is 0.394. The number of pyridine rings is 1. The molecule has 0 atom stereocenters. The van der Waals surface area contributed by atoms with Crippen molar-refractivity contribution in [3.8, 4) is 0 Å². The molecular weight excluding hydrogens is 252 g/mol. The summed E-state index contributed by atoms with van der Waals surface area (Å²) in [5.41, 5.74) is 1.08. The number of rotatable bonds is 2. The highest BCUT2D eigenvalue weighted by atomic mass is 35.5. The fourth-order valence-corrected chi connectivity index (χ4v) is 3.19. The molecule has 0 spiro atoms. The summed E-state index contributed by atoms with van der Waals surface area (Å²) < 4.78 is 0.394. The Kier molecular flexibility index (Phi) is 4.21. The van der Waals surface area contributed by atoms with Gasteiger partial charge in [-0.15, -0.1) is 11.6 Å². The second kappa shape index (κ2) is 5.49. The van der Waals surface area contributed by atoms with Gasteiger partial charge in [-0.3, -0.25) is 0 Å². The Hall–Kier alpha value is -0.410. The van der Waals surface area contributed by atoms with Crippen molar-refractivity contribution in [2.45, 2.75) is 30.9 Å². The lowest BCUT2D eigenvalue weighted by molar-refractivity contribution is 0.635. The number of hydrogen-bond acceptors (Lipinski definition) is 3. The summed E-state index contributed by atoms with van der Waals surface area (Å²) in [6.07, 6.45) is 3.09. The Labute approximate surface area is 113 Å². The molecule has 1 aliphatic heterocycles. The summed E-state index contributed by atoms with van der Waals surface area (Å²) in [5.74, 6) is 2.79. The maximum Gasteiger partial charge on any atom is 0.128 e. The van der Waals surface area contributed by atoms with Crippen LogP contribution in [0.15, 0.2) is 18.3 Å². The quantitative estimate of drug-likeness (QED) is 0.765. The summed E-state index contributed by atoms with van der Waals surface area (Å²) in [4.78, 5) is 6.87. The monoisotopic (exact) mass is 270 g/mol. The van der Waals surface area contributed by atoms with Gasteiger partial charge in [0.05, 0.1) is 0 Å². The Morgan fingerprint density at radius 2 is 2.24 bits per heavy atom. The van der Waals surface area contributed by atoms with Gasteiger partial charge in [-0.25, -0.2) is 4.98 Å². The van der Waals surface area contributed by atoms with Crippen LogP contribution in [0.2, 0.25) is 0 Å². The average Bonchev–Trinajstić information content (AvgIpc) is 2.50. The SMILES string of the molecule is CC1(C)CCN(c2ccc(CCl)cn2)CCS1. The molecule has 17 heavy (non-hydrogen) atoms. The van der Waals surface area contributed by atoms with E-state index in [0.29, 0.717) is 10.6 Å². The van der Waals surface area contributed by atoms with Crippen molar-refractivity contribution in [1.82, 2.24) is 4.98 Å².